The van der Waals surface area contributed by atoms with E-state index < -0.39 is 23.6 Å². The molecular formula is C15H10O5S. The van der Waals surface area contributed by atoms with Crippen LogP contribution in [-0.2, 0) is 16.0 Å². The molecule has 0 spiro atoms. The Bertz CT molecular complexity index is 744. The van der Waals surface area contributed by atoms with Crippen LogP contribution in [0.4, 0.5) is 0 Å². The van der Waals surface area contributed by atoms with E-state index >= 15 is 0 Å². The Morgan fingerprint density at radius 2 is 2.00 bits per heavy atom. The number of carbonyl (C=O) groups excluding carboxylic acids is 1. The molecule has 0 bridgehead atoms. The summed E-state index contributed by atoms with van der Waals surface area (Å²) in [6.07, 6.45) is 3.33. The van der Waals surface area contributed by atoms with Gasteiger partial charge in [-0.1, -0.05) is 23.9 Å². The minimum absolute atomic E-state index is 0.159. The average Bonchev–Trinajstić information content (AvgIpc) is 2.45. The maximum Gasteiger partial charge on any atom is 0.335 e. The molecule has 1 aromatic carbocycles. The molecule has 1 unspecified atom stereocenters. The van der Waals surface area contributed by atoms with E-state index in [0.717, 1.165) is 15.4 Å². The molecule has 0 saturated carbocycles. The van der Waals surface area contributed by atoms with Gasteiger partial charge >= 0.3 is 11.9 Å². The van der Waals surface area contributed by atoms with Crippen LogP contribution < -0.4 is 0 Å². The van der Waals surface area contributed by atoms with Crippen molar-refractivity contribution in [1.82, 2.24) is 0 Å². The lowest BCUT2D eigenvalue weighted by Gasteiger charge is -2.24. The van der Waals surface area contributed by atoms with Crippen LogP contribution >= 0.6 is 11.8 Å². The van der Waals surface area contributed by atoms with Crippen molar-refractivity contribution in [2.75, 3.05) is 0 Å². The Morgan fingerprint density at radius 3 is 2.67 bits per heavy atom. The zero-order valence-corrected chi connectivity index (χ0v) is 11.5. The quantitative estimate of drug-likeness (QED) is 0.813. The summed E-state index contributed by atoms with van der Waals surface area (Å²) in [5.74, 6) is -3.76. The highest BCUT2D eigenvalue weighted by Crippen LogP contribution is 2.42. The zero-order valence-electron chi connectivity index (χ0n) is 10.7. The van der Waals surface area contributed by atoms with E-state index in [-0.39, 0.29) is 12.0 Å². The number of carboxylic acid groups (broad SMARTS) is 2. The Morgan fingerprint density at radius 1 is 1.24 bits per heavy atom. The molecule has 1 aromatic rings. The summed E-state index contributed by atoms with van der Waals surface area (Å²) in [5.41, 5.74) is 1.35. The molecule has 1 atom stereocenters. The van der Waals surface area contributed by atoms with E-state index in [1.54, 1.807) is 12.1 Å². The van der Waals surface area contributed by atoms with E-state index in [1.165, 1.54) is 30.0 Å². The number of aliphatic carboxylic acids is 1. The van der Waals surface area contributed by atoms with Gasteiger partial charge in [-0.3, -0.25) is 9.59 Å². The largest absolute Gasteiger partial charge is 0.480 e. The minimum atomic E-state index is -1.17. The number of ketones is 1. The third kappa shape index (κ3) is 2.27. The van der Waals surface area contributed by atoms with Gasteiger partial charge in [0.25, 0.3) is 0 Å². The molecule has 5 nitrogen and oxygen atoms in total. The molecule has 21 heavy (non-hydrogen) atoms. The lowest BCUT2D eigenvalue weighted by atomic mass is 9.88. The summed E-state index contributed by atoms with van der Waals surface area (Å²) in [6, 6.07) is 4.78. The molecule has 0 radical (unpaired) electrons. The normalized spacial score (nSPS) is 20.0. The van der Waals surface area contributed by atoms with Crippen LogP contribution in [0.1, 0.15) is 15.9 Å². The highest BCUT2D eigenvalue weighted by molar-refractivity contribution is 8.03. The number of allylic oxidation sites excluding steroid dienone is 2. The van der Waals surface area contributed by atoms with Crippen LogP contribution in [0.15, 0.2) is 45.7 Å². The highest BCUT2D eigenvalue weighted by Gasteiger charge is 2.33. The second-order valence-electron chi connectivity index (χ2n) is 4.79. The Hall–Kier alpha value is -2.34. The Kier molecular flexibility index (Phi) is 3.17. The van der Waals surface area contributed by atoms with Crippen LogP contribution in [0.25, 0.3) is 0 Å². The lowest BCUT2D eigenvalue weighted by Crippen LogP contribution is -2.28. The van der Waals surface area contributed by atoms with E-state index in [2.05, 4.69) is 0 Å². The fraction of sp³-hybridized carbons (Fsp3) is 0.133. The second-order valence-corrected chi connectivity index (χ2v) is 5.87. The fourth-order valence-electron chi connectivity index (χ4n) is 2.40. The number of carbonyl (C=O) groups is 3. The predicted octanol–water partition coefficient (Wildman–Crippen LogP) is 2.13. The number of benzene rings is 1. The Balaban J connectivity index is 1.99. The number of carboxylic acids is 2. The molecule has 0 saturated heterocycles. The van der Waals surface area contributed by atoms with Crippen molar-refractivity contribution in [3.63, 3.8) is 0 Å². The first kappa shape index (κ1) is 13.6. The average molecular weight is 302 g/mol. The van der Waals surface area contributed by atoms with Crippen LogP contribution in [-0.4, -0.2) is 27.9 Å². The van der Waals surface area contributed by atoms with Crippen molar-refractivity contribution in [2.24, 2.45) is 5.92 Å². The first-order valence-corrected chi connectivity index (χ1v) is 7.01. The smallest absolute Gasteiger partial charge is 0.335 e. The molecule has 0 amide bonds. The first-order valence-electron chi connectivity index (χ1n) is 6.20. The SMILES string of the molecule is O=C(O)c1ccc2c(c1)CC1=C(C=CC(C(=O)O)C1=O)S2. The Labute approximate surface area is 124 Å². The van der Waals surface area contributed by atoms with Crippen LogP contribution in [0.2, 0.25) is 0 Å². The van der Waals surface area contributed by atoms with Gasteiger partial charge < -0.3 is 10.2 Å². The number of aromatic carboxylic acids is 1. The number of rotatable bonds is 2. The third-order valence-electron chi connectivity index (χ3n) is 3.48. The fourth-order valence-corrected chi connectivity index (χ4v) is 3.48. The van der Waals surface area contributed by atoms with Gasteiger partial charge in [0.15, 0.2) is 5.78 Å². The summed E-state index contributed by atoms with van der Waals surface area (Å²) in [7, 11) is 0. The molecule has 1 aliphatic carbocycles. The maximum absolute atomic E-state index is 12.2. The molecule has 0 aromatic heterocycles. The highest BCUT2D eigenvalue weighted by atomic mass is 32.2. The molecular weight excluding hydrogens is 292 g/mol. The van der Waals surface area contributed by atoms with Crippen LogP contribution in [0.5, 0.6) is 0 Å². The molecule has 2 aliphatic rings. The van der Waals surface area contributed by atoms with E-state index in [9.17, 15) is 14.4 Å². The van der Waals surface area contributed by atoms with Gasteiger partial charge in [-0.25, -0.2) is 4.79 Å². The van der Waals surface area contributed by atoms with E-state index in [1.807, 2.05) is 0 Å². The number of Topliss-reactive ketones (excluding diaryl/α,β-unsaturated/α-hetero) is 1. The maximum atomic E-state index is 12.2. The van der Waals surface area contributed by atoms with Gasteiger partial charge in [-0.2, -0.15) is 0 Å². The van der Waals surface area contributed by atoms with Crippen molar-refractivity contribution >= 4 is 29.5 Å². The van der Waals surface area contributed by atoms with Crippen molar-refractivity contribution < 1.29 is 24.6 Å². The van der Waals surface area contributed by atoms with Gasteiger partial charge in [0.1, 0.15) is 5.92 Å². The molecule has 6 heteroatoms. The molecule has 3 rings (SSSR count). The number of hydrogen-bond donors (Lipinski definition) is 2. The molecule has 0 fully saturated rings. The molecule has 106 valence electrons. The summed E-state index contributed by atoms with van der Waals surface area (Å²) in [5, 5.41) is 18.0. The third-order valence-corrected chi connectivity index (χ3v) is 4.70. The number of hydrogen-bond acceptors (Lipinski definition) is 4. The summed E-state index contributed by atoms with van der Waals surface area (Å²) in [4.78, 5) is 35.9. The number of thioether (sulfide) groups is 1. The van der Waals surface area contributed by atoms with Gasteiger partial charge in [0, 0.05) is 21.8 Å². The van der Waals surface area contributed by atoms with Crippen molar-refractivity contribution in [3.8, 4) is 0 Å². The molecule has 2 N–H and O–H groups in total. The molecule has 1 heterocycles. The van der Waals surface area contributed by atoms with Crippen molar-refractivity contribution in [3.05, 3.63) is 52.0 Å². The van der Waals surface area contributed by atoms with Crippen LogP contribution in [0.3, 0.4) is 0 Å². The van der Waals surface area contributed by atoms with Gasteiger partial charge in [0.2, 0.25) is 0 Å². The summed E-state index contributed by atoms with van der Waals surface area (Å²) < 4.78 is 0. The summed E-state index contributed by atoms with van der Waals surface area (Å²) in [6.45, 7) is 0. The number of fused-ring (bicyclic) bond motifs is 1. The van der Waals surface area contributed by atoms with Gasteiger partial charge in [0.05, 0.1) is 5.56 Å². The molecule has 1 aliphatic heterocycles. The van der Waals surface area contributed by atoms with Gasteiger partial charge in [-0.15, -0.1) is 0 Å². The lowest BCUT2D eigenvalue weighted by molar-refractivity contribution is -0.143. The monoisotopic (exact) mass is 302 g/mol. The van der Waals surface area contributed by atoms with Crippen molar-refractivity contribution in [1.29, 1.82) is 0 Å². The first-order chi connectivity index (χ1) is 9.97. The summed E-state index contributed by atoms with van der Waals surface area (Å²) >= 11 is 1.36. The van der Waals surface area contributed by atoms with E-state index in [4.69, 9.17) is 10.2 Å². The zero-order chi connectivity index (χ0) is 15.1. The van der Waals surface area contributed by atoms with Crippen LogP contribution in [0, 0.1) is 5.92 Å². The standard InChI is InChI=1S/C15H10O5S/c16-13-9(15(19)20)2-4-12-10(13)6-8-5-7(14(17)18)1-3-11(8)21-12/h1-5,9H,6H2,(H,17,18)(H,19,20). The van der Waals surface area contributed by atoms with E-state index in [0.29, 0.717) is 5.57 Å². The predicted molar refractivity (Wildman–Crippen MR) is 75.3 cm³/mol. The minimum Gasteiger partial charge on any atom is -0.480 e. The van der Waals surface area contributed by atoms with Crippen molar-refractivity contribution in [2.45, 2.75) is 11.3 Å². The topological polar surface area (TPSA) is 91.7 Å². The van der Waals surface area contributed by atoms with Gasteiger partial charge in [-0.05, 0) is 23.8 Å². The second kappa shape index (κ2) is 4.89.